The molecule has 0 radical (unpaired) electrons. The smallest absolute Gasteiger partial charge is 0.344 e. The van der Waals surface area contributed by atoms with Crippen LogP contribution in [0.1, 0.15) is 15.9 Å². The van der Waals surface area contributed by atoms with Gasteiger partial charge < -0.3 is 19.2 Å². The standard InChI is InChI=1S/C25H18N2O5S/c1-14-6-7-15(18-10-16-4-2-3-5-20(16)32-24(18)29)11-19(14)26-25(33)27-23(28)17-8-9-21-22(12-17)31-13-30-21/h2-12H,13H2,1H3,(H2,26,27,28,33). The summed E-state index contributed by atoms with van der Waals surface area (Å²) in [6, 6.07) is 19.6. The number of aryl methyl sites for hydroxylation is 1. The van der Waals surface area contributed by atoms with Crippen molar-refractivity contribution in [3.63, 3.8) is 0 Å². The van der Waals surface area contributed by atoms with E-state index in [2.05, 4.69) is 10.6 Å². The van der Waals surface area contributed by atoms with E-state index in [9.17, 15) is 9.59 Å². The molecule has 1 amide bonds. The maximum absolute atomic E-state index is 12.6. The van der Waals surface area contributed by atoms with Crippen LogP contribution in [-0.2, 0) is 0 Å². The SMILES string of the molecule is Cc1ccc(-c2cc3ccccc3oc2=O)cc1NC(=S)NC(=O)c1ccc2c(c1)OCO2. The highest BCUT2D eigenvalue weighted by Gasteiger charge is 2.17. The van der Waals surface area contributed by atoms with Crippen LogP contribution in [0.2, 0.25) is 0 Å². The van der Waals surface area contributed by atoms with Crippen LogP contribution in [0.25, 0.3) is 22.1 Å². The van der Waals surface area contributed by atoms with Crippen LogP contribution in [0.15, 0.2) is 75.9 Å². The van der Waals surface area contributed by atoms with Gasteiger partial charge >= 0.3 is 5.63 Å². The summed E-state index contributed by atoms with van der Waals surface area (Å²) in [5, 5.41) is 6.66. The molecule has 0 saturated heterocycles. The van der Waals surface area contributed by atoms with Gasteiger partial charge in [-0.15, -0.1) is 0 Å². The fraction of sp³-hybridized carbons (Fsp3) is 0.0800. The average Bonchev–Trinajstić information content (AvgIpc) is 3.28. The maximum atomic E-state index is 12.6. The number of benzene rings is 3. The van der Waals surface area contributed by atoms with Gasteiger partial charge in [0.1, 0.15) is 5.58 Å². The van der Waals surface area contributed by atoms with Crippen LogP contribution in [0.5, 0.6) is 11.5 Å². The fourth-order valence-electron chi connectivity index (χ4n) is 3.55. The number of carbonyl (C=O) groups is 1. The fourth-order valence-corrected chi connectivity index (χ4v) is 3.76. The Labute approximate surface area is 193 Å². The minimum absolute atomic E-state index is 0.128. The maximum Gasteiger partial charge on any atom is 0.344 e. The van der Waals surface area contributed by atoms with E-state index in [-0.39, 0.29) is 17.8 Å². The van der Waals surface area contributed by atoms with Gasteiger partial charge in [0.05, 0.1) is 5.56 Å². The number of fused-ring (bicyclic) bond motifs is 2. The number of hydrogen-bond donors (Lipinski definition) is 2. The van der Waals surface area contributed by atoms with Gasteiger partial charge in [-0.3, -0.25) is 10.1 Å². The number of amides is 1. The summed E-state index contributed by atoms with van der Waals surface area (Å²) in [4.78, 5) is 25.1. The van der Waals surface area contributed by atoms with Gasteiger partial charge in [-0.1, -0.05) is 30.3 Å². The normalized spacial score (nSPS) is 11.9. The molecule has 2 heterocycles. The number of anilines is 1. The van der Waals surface area contributed by atoms with Crippen LogP contribution in [0.4, 0.5) is 5.69 Å². The van der Waals surface area contributed by atoms with Gasteiger partial charge in [0.2, 0.25) is 6.79 Å². The second-order valence-electron chi connectivity index (χ2n) is 7.49. The Hall–Kier alpha value is -4.17. The minimum atomic E-state index is -0.429. The highest BCUT2D eigenvalue weighted by Crippen LogP contribution is 2.32. The third-order valence-electron chi connectivity index (χ3n) is 5.30. The number of ether oxygens (including phenoxy) is 2. The van der Waals surface area contributed by atoms with Crippen molar-refractivity contribution >= 4 is 39.9 Å². The number of hydrogen-bond acceptors (Lipinski definition) is 6. The van der Waals surface area contributed by atoms with Crippen molar-refractivity contribution in [2.75, 3.05) is 12.1 Å². The highest BCUT2D eigenvalue weighted by atomic mass is 32.1. The van der Waals surface area contributed by atoms with Crippen molar-refractivity contribution in [3.8, 4) is 22.6 Å². The van der Waals surface area contributed by atoms with E-state index in [1.165, 1.54) is 0 Å². The van der Waals surface area contributed by atoms with Crippen molar-refractivity contribution in [3.05, 3.63) is 88.3 Å². The summed E-state index contributed by atoms with van der Waals surface area (Å²) < 4.78 is 16.0. The average molecular weight is 458 g/mol. The summed E-state index contributed by atoms with van der Waals surface area (Å²) in [7, 11) is 0. The van der Waals surface area contributed by atoms with E-state index in [4.69, 9.17) is 26.1 Å². The topological polar surface area (TPSA) is 89.8 Å². The lowest BCUT2D eigenvalue weighted by Crippen LogP contribution is -2.34. The Kier molecular flexibility index (Phi) is 5.27. The van der Waals surface area contributed by atoms with E-state index >= 15 is 0 Å². The number of rotatable bonds is 3. The van der Waals surface area contributed by atoms with Crippen molar-refractivity contribution in [1.29, 1.82) is 0 Å². The number of carbonyl (C=O) groups excluding carboxylic acids is 1. The minimum Gasteiger partial charge on any atom is -0.454 e. The van der Waals surface area contributed by atoms with Gasteiger partial charge in [0.15, 0.2) is 16.6 Å². The van der Waals surface area contributed by atoms with Crippen LogP contribution >= 0.6 is 12.2 Å². The van der Waals surface area contributed by atoms with Crippen molar-refractivity contribution in [1.82, 2.24) is 5.32 Å². The Bertz CT molecular complexity index is 1480. The van der Waals surface area contributed by atoms with Gasteiger partial charge in [-0.2, -0.15) is 0 Å². The van der Waals surface area contributed by atoms with Crippen LogP contribution in [0.3, 0.4) is 0 Å². The Morgan fingerprint density at radius 1 is 0.970 bits per heavy atom. The molecule has 1 aliphatic heterocycles. The van der Waals surface area contributed by atoms with E-state index in [1.807, 2.05) is 37.3 Å². The third-order valence-corrected chi connectivity index (χ3v) is 5.50. The molecule has 0 spiro atoms. The number of para-hydroxylation sites is 1. The van der Waals surface area contributed by atoms with Crippen molar-refractivity contribution < 1.29 is 18.7 Å². The van der Waals surface area contributed by atoms with Gasteiger partial charge in [-0.05, 0) is 66.7 Å². The summed E-state index contributed by atoms with van der Waals surface area (Å²) in [5.41, 5.74) is 3.16. The molecule has 0 aliphatic carbocycles. The zero-order valence-corrected chi connectivity index (χ0v) is 18.3. The predicted octanol–water partition coefficient (Wildman–Crippen LogP) is 4.62. The molecule has 1 aliphatic rings. The first-order valence-electron chi connectivity index (χ1n) is 10.1. The Morgan fingerprint density at radius 3 is 2.67 bits per heavy atom. The highest BCUT2D eigenvalue weighted by molar-refractivity contribution is 7.80. The quantitative estimate of drug-likeness (QED) is 0.342. The molecule has 0 unspecified atom stereocenters. The van der Waals surface area contributed by atoms with Crippen LogP contribution < -0.4 is 25.7 Å². The van der Waals surface area contributed by atoms with E-state index in [0.717, 1.165) is 10.9 Å². The molecule has 4 aromatic rings. The summed E-state index contributed by atoms with van der Waals surface area (Å²) in [6.45, 7) is 2.03. The van der Waals surface area contributed by atoms with Gasteiger partial charge in [0.25, 0.3) is 5.91 Å². The zero-order chi connectivity index (χ0) is 22.9. The second-order valence-corrected chi connectivity index (χ2v) is 7.90. The van der Waals surface area contributed by atoms with Crippen LogP contribution in [0, 0.1) is 6.92 Å². The van der Waals surface area contributed by atoms with Crippen molar-refractivity contribution in [2.45, 2.75) is 6.92 Å². The molecule has 0 saturated carbocycles. The third kappa shape index (κ3) is 4.16. The lowest BCUT2D eigenvalue weighted by atomic mass is 10.0. The molecule has 0 bridgehead atoms. The Morgan fingerprint density at radius 2 is 1.79 bits per heavy atom. The summed E-state index contributed by atoms with van der Waals surface area (Å²) >= 11 is 5.34. The predicted molar refractivity (Wildman–Crippen MR) is 129 cm³/mol. The number of nitrogens with one attached hydrogen (secondary N) is 2. The number of thiocarbonyl (C=S) groups is 1. The van der Waals surface area contributed by atoms with E-state index in [0.29, 0.717) is 39.5 Å². The molecule has 7 nitrogen and oxygen atoms in total. The largest absolute Gasteiger partial charge is 0.454 e. The molecule has 2 N–H and O–H groups in total. The summed E-state index contributed by atoms with van der Waals surface area (Å²) in [5.74, 6) is 0.729. The Balaban J connectivity index is 1.36. The van der Waals surface area contributed by atoms with E-state index in [1.54, 1.807) is 36.4 Å². The molecular formula is C25H18N2O5S. The molecule has 0 fully saturated rings. The van der Waals surface area contributed by atoms with E-state index < -0.39 is 5.63 Å². The molecule has 5 rings (SSSR count). The van der Waals surface area contributed by atoms with Gasteiger partial charge in [0, 0.05) is 16.6 Å². The zero-order valence-electron chi connectivity index (χ0n) is 17.5. The molecular weight excluding hydrogens is 440 g/mol. The molecule has 33 heavy (non-hydrogen) atoms. The molecule has 164 valence electrons. The lowest BCUT2D eigenvalue weighted by Gasteiger charge is -2.13. The first-order valence-corrected chi connectivity index (χ1v) is 10.5. The lowest BCUT2D eigenvalue weighted by molar-refractivity contribution is 0.0977. The summed E-state index contributed by atoms with van der Waals surface area (Å²) in [6.07, 6.45) is 0. The first-order chi connectivity index (χ1) is 16.0. The van der Waals surface area contributed by atoms with Crippen LogP contribution in [-0.4, -0.2) is 17.8 Å². The molecule has 8 heteroatoms. The first kappa shape index (κ1) is 20.7. The molecule has 0 atom stereocenters. The molecule has 1 aromatic heterocycles. The van der Waals surface area contributed by atoms with Crippen molar-refractivity contribution in [2.24, 2.45) is 0 Å². The second kappa shape index (κ2) is 8.40. The van der Waals surface area contributed by atoms with Gasteiger partial charge in [-0.25, -0.2) is 4.79 Å². The molecule has 3 aromatic carbocycles. The monoisotopic (exact) mass is 458 g/mol.